The van der Waals surface area contributed by atoms with Crippen molar-refractivity contribution in [3.05, 3.63) is 32.1 Å². The van der Waals surface area contributed by atoms with Crippen molar-refractivity contribution >= 4 is 11.9 Å². The molecule has 0 radical (unpaired) electrons. The van der Waals surface area contributed by atoms with E-state index in [1.807, 2.05) is 4.68 Å². The van der Waals surface area contributed by atoms with Gasteiger partial charge < -0.3 is 9.47 Å². The molecule has 0 bridgehead atoms. The third kappa shape index (κ3) is 3.31. The van der Waals surface area contributed by atoms with Crippen LogP contribution in [0.3, 0.4) is 0 Å². The average molecular weight is 582 g/mol. The summed E-state index contributed by atoms with van der Waals surface area (Å²) in [5.41, 5.74) is 1.41. The van der Waals surface area contributed by atoms with Crippen molar-refractivity contribution < 1.29 is 19.1 Å². The van der Waals surface area contributed by atoms with Gasteiger partial charge in [-0.15, -0.1) is 0 Å². The third-order valence-electron chi connectivity index (χ3n) is 13.8. The SMILES string of the molecule is CC(=O)OCC12CCC3C4=C1C(C)(CC2)n1c(=O)n(C)c(=O)n1C4CC1C3(C)CCC2C(C)C(OC(C)=O)CCC21C. The van der Waals surface area contributed by atoms with Crippen LogP contribution in [-0.2, 0) is 31.6 Å². The molecule has 0 amide bonds. The molecule has 1 aromatic heterocycles. The van der Waals surface area contributed by atoms with Crippen molar-refractivity contribution in [1.82, 2.24) is 13.9 Å². The second-order valence-electron chi connectivity index (χ2n) is 15.5. The number of carbonyl (C=O) groups excluding carboxylic acids is 2. The maximum Gasteiger partial charge on any atom is 0.347 e. The van der Waals surface area contributed by atoms with Gasteiger partial charge in [0.1, 0.15) is 12.7 Å². The topological polar surface area (TPSA) is 102 Å². The van der Waals surface area contributed by atoms with Crippen molar-refractivity contribution in [3.63, 3.8) is 0 Å². The van der Waals surface area contributed by atoms with Crippen molar-refractivity contribution in [2.24, 2.45) is 47.0 Å². The van der Waals surface area contributed by atoms with Gasteiger partial charge in [0.15, 0.2) is 0 Å². The Morgan fingerprint density at radius 3 is 2.31 bits per heavy atom. The van der Waals surface area contributed by atoms with Gasteiger partial charge in [0, 0.05) is 26.3 Å². The molecule has 1 aliphatic heterocycles. The van der Waals surface area contributed by atoms with Crippen molar-refractivity contribution in [2.45, 2.75) is 117 Å². The molecule has 230 valence electrons. The van der Waals surface area contributed by atoms with Crippen molar-refractivity contribution in [3.8, 4) is 0 Å². The Morgan fingerprint density at radius 1 is 0.905 bits per heavy atom. The molecular weight excluding hydrogens is 534 g/mol. The summed E-state index contributed by atoms with van der Waals surface area (Å²) in [4.78, 5) is 51.6. The van der Waals surface area contributed by atoms with Crippen LogP contribution in [0.15, 0.2) is 20.7 Å². The van der Waals surface area contributed by atoms with E-state index in [-0.39, 0.29) is 57.6 Å². The van der Waals surface area contributed by atoms with E-state index in [0.717, 1.165) is 57.8 Å². The van der Waals surface area contributed by atoms with Crippen LogP contribution in [0, 0.1) is 39.9 Å². The molecular formula is C33H47N3O6. The van der Waals surface area contributed by atoms with Gasteiger partial charge in [-0.3, -0.25) is 9.59 Å². The fraction of sp³-hybridized carbons (Fsp3) is 0.818. The molecule has 7 rings (SSSR count). The first-order chi connectivity index (χ1) is 19.7. The molecule has 0 spiro atoms. The lowest BCUT2D eigenvalue weighted by Gasteiger charge is -2.67. The number of hydrogen-bond acceptors (Lipinski definition) is 6. The lowest BCUT2D eigenvalue weighted by atomic mass is 9.38. The number of aromatic nitrogens is 3. The number of nitrogens with zero attached hydrogens (tertiary/aromatic N) is 3. The van der Waals surface area contributed by atoms with E-state index in [1.165, 1.54) is 29.6 Å². The van der Waals surface area contributed by atoms with Gasteiger partial charge in [-0.05, 0) is 110 Å². The normalized spacial score (nSPS) is 44.9. The first-order valence-corrected chi connectivity index (χ1v) is 16.2. The number of rotatable bonds is 3. The van der Waals surface area contributed by atoms with E-state index in [2.05, 4.69) is 27.7 Å². The Balaban J connectivity index is 1.41. The molecule has 4 fully saturated rings. The molecule has 0 N–H and O–H groups in total. The number of hydrogen-bond donors (Lipinski definition) is 0. The minimum Gasteiger partial charge on any atom is -0.465 e. The summed E-state index contributed by atoms with van der Waals surface area (Å²) in [6.07, 6.45) is 8.41. The first kappa shape index (κ1) is 28.2. The molecule has 0 saturated heterocycles. The molecule has 9 nitrogen and oxygen atoms in total. The molecule has 0 aromatic carbocycles. The smallest absolute Gasteiger partial charge is 0.347 e. The predicted molar refractivity (Wildman–Crippen MR) is 156 cm³/mol. The zero-order chi connectivity index (χ0) is 30.1. The van der Waals surface area contributed by atoms with E-state index in [1.54, 1.807) is 11.7 Å². The molecule has 9 heteroatoms. The van der Waals surface area contributed by atoms with Crippen LogP contribution in [0.2, 0.25) is 0 Å². The van der Waals surface area contributed by atoms with Crippen LogP contribution in [0.5, 0.6) is 0 Å². The largest absolute Gasteiger partial charge is 0.465 e. The monoisotopic (exact) mass is 581 g/mol. The summed E-state index contributed by atoms with van der Waals surface area (Å²) < 4.78 is 16.5. The van der Waals surface area contributed by atoms with Crippen molar-refractivity contribution in [2.75, 3.05) is 6.61 Å². The number of esters is 2. The molecule has 4 saturated carbocycles. The predicted octanol–water partition coefficient (Wildman–Crippen LogP) is 4.47. The maximum absolute atomic E-state index is 13.9. The van der Waals surface area contributed by atoms with Gasteiger partial charge in [-0.1, -0.05) is 20.8 Å². The molecule has 10 unspecified atom stereocenters. The minimum atomic E-state index is -0.608. The van der Waals surface area contributed by atoms with E-state index in [0.29, 0.717) is 24.4 Å². The molecule has 42 heavy (non-hydrogen) atoms. The summed E-state index contributed by atoms with van der Waals surface area (Å²) in [7, 11) is 1.60. The van der Waals surface area contributed by atoms with Gasteiger partial charge in [-0.25, -0.2) is 23.5 Å². The Hall–Kier alpha value is -2.58. The van der Waals surface area contributed by atoms with Crippen LogP contribution in [0.25, 0.3) is 0 Å². The second kappa shape index (κ2) is 8.75. The highest BCUT2D eigenvalue weighted by Crippen LogP contribution is 2.74. The van der Waals surface area contributed by atoms with Crippen LogP contribution in [-0.4, -0.2) is 38.6 Å². The van der Waals surface area contributed by atoms with Gasteiger partial charge in [0.25, 0.3) is 0 Å². The summed E-state index contributed by atoms with van der Waals surface area (Å²) >= 11 is 0. The van der Waals surface area contributed by atoms with Gasteiger partial charge in [-0.2, -0.15) is 0 Å². The van der Waals surface area contributed by atoms with Gasteiger partial charge in [0.05, 0.1) is 11.6 Å². The number of allylic oxidation sites excluding steroid dienone is 1. The molecule has 1 aromatic rings. The highest BCUT2D eigenvalue weighted by molar-refractivity contribution is 5.66. The highest BCUT2D eigenvalue weighted by atomic mass is 16.5. The Bertz CT molecular complexity index is 1530. The quantitative estimate of drug-likeness (QED) is 0.386. The number of ether oxygens (including phenoxy) is 2. The first-order valence-electron chi connectivity index (χ1n) is 16.2. The average Bonchev–Trinajstić information content (AvgIpc) is 3.36. The Labute approximate surface area is 247 Å². The lowest BCUT2D eigenvalue weighted by Crippen LogP contribution is -2.63. The highest BCUT2D eigenvalue weighted by Gasteiger charge is 2.68. The Kier molecular flexibility index (Phi) is 5.87. The second-order valence-corrected chi connectivity index (χ2v) is 15.5. The van der Waals surface area contributed by atoms with Gasteiger partial charge >= 0.3 is 23.3 Å². The third-order valence-corrected chi connectivity index (χ3v) is 13.8. The zero-order valence-corrected chi connectivity index (χ0v) is 26.3. The lowest BCUT2D eigenvalue weighted by molar-refractivity contribution is -0.182. The van der Waals surface area contributed by atoms with E-state index in [4.69, 9.17) is 9.47 Å². The maximum atomic E-state index is 13.9. The van der Waals surface area contributed by atoms with E-state index >= 15 is 0 Å². The summed E-state index contributed by atoms with van der Waals surface area (Å²) in [5, 5.41) is 0. The van der Waals surface area contributed by atoms with Crippen molar-refractivity contribution in [1.29, 1.82) is 0 Å². The van der Waals surface area contributed by atoms with E-state index in [9.17, 15) is 19.2 Å². The van der Waals surface area contributed by atoms with Crippen LogP contribution < -0.4 is 11.4 Å². The van der Waals surface area contributed by atoms with Gasteiger partial charge in [0.2, 0.25) is 0 Å². The van der Waals surface area contributed by atoms with Crippen LogP contribution >= 0.6 is 0 Å². The van der Waals surface area contributed by atoms with Crippen LogP contribution in [0.4, 0.5) is 0 Å². The summed E-state index contributed by atoms with van der Waals surface area (Å²) in [5.74, 6) is 0.923. The van der Waals surface area contributed by atoms with E-state index < -0.39 is 5.54 Å². The summed E-state index contributed by atoms with van der Waals surface area (Å²) in [6.45, 7) is 12.7. The number of carbonyl (C=O) groups is 2. The fourth-order valence-corrected chi connectivity index (χ4v) is 12.0. The summed E-state index contributed by atoms with van der Waals surface area (Å²) in [6, 6.07) is -0.176. The van der Waals surface area contributed by atoms with Crippen LogP contribution in [0.1, 0.15) is 105 Å². The Morgan fingerprint density at radius 2 is 1.62 bits per heavy atom. The standard InChI is InChI=1S/C33H47N3O6/c1-18-21-8-11-31(5)22-9-13-33(17-41-19(2)37)15-14-32(6)27(33)26(22)23(35-28(39)34(7)29(40)36(32)35)16-25(31)30(21,4)12-10-24(18)42-20(3)38/h18,21-25H,8-17H2,1-7H3. The zero-order valence-electron chi connectivity index (χ0n) is 26.3. The number of fused-ring (bicyclic) bond motifs is 7. The molecule has 5 aliphatic carbocycles. The fourth-order valence-electron chi connectivity index (χ4n) is 12.0. The molecule has 10 atom stereocenters. The minimum absolute atomic E-state index is 0.0430. The molecule has 2 heterocycles. The molecule has 6 aliphatic rings.